The summed E-state index contributed by atoms with van der Waals surface area (Å²) < 4.78 is 32.9. The third-order valence-electron chi connectivity index (χ3n) is 3.21. The highest BCUT2D eigenvalue weighted by Gasteiger charge is 2.15. The Bertz CT molecular complexity index is 776. The summed E-state index contributed by atoms with van der Waals surface area (Å²) in [7, 11) is 0. The Balaban J connectivity index is 0.00000163. The number of hydrogen-bond acceptors (Lipinski definition) is 5. The van der Waals surface area contributed by atoms with Crippen LogP contribution in [0.3, 0.4) is 0 Å². The maximum absolute atomic E-state index is 13.9. The number of aliphatic hydroxyl groups excluding tert-OH is 2. The lowest BCUT2D eigenvalue weighted by Crippen LogP contribution is -2.21. The van der Waals surface area contributed by atoms with Gasteiger partial charge in [0.2, 0.25) is 0 Å². The number of nitriles is 1. The maximum atomic E-state index is 13.9. The highest BCUT2D eigenvalue weighted by molar-refractivity contribution is 5.70. The fourth-order valence-electron chi connectivity index (χ4n) is 2.01. The van der Waals surface area contributed by atoms with Gasteiger partial charge in [0.25, 0.3) is 0 Å². The molecule has 2 rings (SSSR count). The Morgan fingerprint density at radius 1 is 1.19 bits per heavy atom. The van der Waals surface area contributed by atoms with E-state index in [4.69, 9.17) is 9.84 Å². The number of nitrogens with one attached hydrogen (secondary N) is 1. The minimum absolute atomic E-state index is 0.0359. The Kier molecular flexibility index (Phi) is 8.49. The Labute approximate surface area is 151 Å². The molecule has 0 heterocycles. The van der Waals surface area contributed by atoms with E-state index in [0.717, 1.165) is 17.7 Å². The van der Waals surface area contributed by atoms with E-state index in [1.54, 1.807) is 13.0 Å². The third kappa shape index (κ3) is 5.69. The molecular formula is C19H22F2N2O3. The Hall–Kier alpha value is -2.69. The molecule has 1 atom stereocenters. The van der Waals surface area contributed by atoms with Gasteiger partial charge in [-0.1, -0.05) is 19.9 Å². The largest absolute Gasteiger partial charge is 0.489 e. The highest BCUT2D eigenvalue weighted by Crippen LogP contribution is 2.31. The van der Waals surface area contributed by atoms with Crippen molar-refractivity contribution < 1.29 is 23.7 Å². The third-order valence-corrected chi connectivity index (χ3v) is 3.21. The smallest absolute Gasteiger partial charge is 0.146 e. The van der Waals surface area contributed by atoms with E-state index in [1.165, 1.54) is 12.1 Å². The fraction of sp³-hybridized carbons (Fsp3) is 0.316. The molecule has 0 amide bonds. The van der Waals surface area contributed by atoms with Crippen LogP contribution in [-0.4, -0.2) is 29.5 Å². The molecule has 5 nitrogen and oxygen atoms in total. The summed E-state index contributed by atoms with van der Waals surface area (Å²) in [5, 5.41) is 30.1. The van der Waals surface area contributed by atoms with Crippen molar-refractivity contribution in [2.45, 2.75) is 26.9 Å². The zero-order valence-electron chi connectivity index (χ0n) is 14.9. The van der Waals surface area contributed by atoms with Gasteiger partial charge in [0, 0.05) is 6.07 Å². The average Bonchev–Trinajstić information content (AvgIpc) is 2.63. The molecule has 0 spiro atoms. The van der Waals surface area contributed by atoms with Gasteiger partial charge in [-0.2, -0.15) is 5.26 Å². The lowest BCUT2D eigenvalue weighted by atomic mass is 10.1. The van der Waals surface area contributed by atoms with E-state index in [2.05, 4.69) is 5.32 Å². The zero-order valence-corrected chi connectivity index (χ0v) is 14.9. The van der Waals surface area contributed by atoms with Crippen molar-refractivity contribution in [2.24, 2.45) is 0 Å². The van der Waals surface area contributed by atoms with Crippen molar-refractivity contribution in [3.63, 3.8) is 0 Å². The highest BCUT2D eigenvalue weighted by atomic mass is 19.1. The van der Waals surface area contributed by atoms with Gasteiger partial charge in [-0.25, -0.2) is 8.78 Å². The number of nitrogens with zero attached hydrogens (tertiary/aromatic N) is 1. The van der Waals surface area contributed by atoms with E-state index in [0.29, 0.717) is 0 Å². The Morgan fingerprint density at radius 3 is 2.46 bits per heavy atom. The first kappa shape index (κ1) is 21.4. The molecule has 0 aliphatic rings. The summed E-state index contributed by atoms with van der Waals surface area (Å²) >= 11 is 0. The van der Waals surface area contributed by atoms with Crippen molar-refractivity contribution in [2.75, 3.05) is 18.5 Å². The van der Waals surface area contributed by atoms with Gasteiger partial charge in [-0.15, -0.1) is 0 Å². The minimum Gasteiger partial charge on any atom is -0.489 e. The molecule has 0 aliphatic heterocycles. The number of hydrogen-bond donors (Lipinski definition) is 3. The summed E-state index contributed by atoms with van der Waals surface area (Å²) in [6.07, 6.45) is -1.16. The van der Waals surface area contributed by atoms with Crippen LogP contribution in [0.4, 0.5) is 20.2 Å². The van der Waals surface area contributed by atoms with Crippen molar-refractivity contribution in [1.82, 2.24) is 0 Å². The molecule has 1 unspecified atom stereocenters. The second-order valence-electron chi connectivity index (χ2n) is 5.19. The van der Waals surface area contributed by atoms with Crippen LogP contribution in [0, 0.1) is 29.9 Å². The van der Waals surface area contributed by atoms with Gasteiger partial charge >= 0.3 is 0 Å². The molecule has 0 radical (unpaired) electrons. The molecule has 0 bridgehead atoms. The van der Waals surface area contributed by atoms with Crippen molar-refractivity contribution in [3.8, 4) is 11.8 Å². The lowest BCUT2D eigenvalue weighted by Gasteiger charge is -2.15. The molecule has 0 fully saturated rings. The topological polar surface area (TPSA) is 85.5 Å². The predicted octanol–water partition coefficient (Wildman–Crippen LogP) is 3.65. The van der Waals surface area contributed by atoms with E-state index < -0.39 is 24.3 Å². The molecule has 140 valence electrons. The van der Waals surface area contributed by atoms with E-state index in [1.807, 2.05) is 19.9 Å². The molecule has 0 saturated heterocycles. The van der Waals surface area contributed by atoms with E-state index in [9.17, 15) is 19.1 Å². The number of benzene rings is 2. The van der Waals surface area contributed by atoms with Crippen LogP contribution in [0.25, 0.3) is 0 Å². The van der Waals surface area contributed by atoms with Crippen LogP contribution in [0.1, 0.15) is 25.0 Å². The van der Waals surface area contributed by atoms with Gasteiger partial charge < -0.3 is 20.3 Å². The normalized spacial score (nSPS) is 11.0. The van der Waals surface area contributed by atoms with Gasteiger partial charge in [-0.05, 0) is 30.7 Å². The number of anilines is 2. The van der Waals surface area contributed by atoms with Crippen molar-refractivity contribution in [1.29, 1.82) is 5.26 Å². The van der Waals surface area contributed by atoms with Crippen LogP contribution >= 0.6 is 0 Å². The predicted molar refractivity (Wildman–Crippen MR) is 95.5 cm³/mol. The van der Waals surface area contributed by atoms with Crippen LogP contribution in [0.15, 0.2) is 30.3 Å². The van der Waals surface area contributed by atoms with Crippen LogP contribution in [0.2, 0.25) is 0 Å². The lowest BCUT2D eigenvalue weighted by molar-refractivity contribution is 0.0534. The molecule has 0 aromatic heterocycles. The number of rotatable bonds is 6. The van der Waals surface area contributed by atoms with Crippen LogP contribution in [0.5, 0.6) is 5.75 Å². The molecule has 0 saturated carbocycles. The van der Waals surface area contributed by atoms with Crippen LogP contribution in [-0.2, 0) is 0 Å². The fourth-order valence-corrected chi connectivity index (χ4v) is 2.01. The number of ether oxygens (including phenoxy) is 1. The summed E-state index contributed by atoms with van der Waals surface area (Å²) in [5.74, 6) is -1.35. The van der Waals surface area contributed by atoms with E-state index >= 15 is 0 Å². The number of aryl methyl sites for hydroxylation is 1. The first-order valence-electron chi connectivity index (χ1n) is 8.13. The number of halogens is 2. The Morgan fingerprint density at radius 2 is 1.88 bits per heavy atom. The van der Waals surface area contributed by atoms with Gasteiger partial charge in [-0.3, -0.25) is 0 Å². The number of aliphatic hydroxyl groups is 2. The first-order chi connectivity index (χ1) is 12.4. The van der Waals surface area contributed by atoms with Crippen molar-refractivity contribution in [3.05, 3.63) is 53.1 Å². The zero-order chi connectivity index (χ0) is 19.7. The standard InChI is InChI=1S/C17H16F2N2O3.C2H6/c1-10-2-3-15(14(19)4-10)21-16-5-11(18)6-17(13(16)7-20)24-9-12(23)8-22;1-2/h2-6,12,21-23H,8-9H2,1H3;1-2H3. The van der Waals surface area contributed by atoms with Gasteiger partial charge in [0.1, 0.15) is 41.7 Å². The second-order valence-corrected chi connectivity index (χ2v) is 5.19. The maximum Gasteiger partial charge on any atom is 0.146 e. The summed E-state index contributed by atoms with van der Waals surface area (Å²) in [6.45, 7) is 4.89. The summed E-state index contributed by atoms with van der Waals surface area (Å²) in [6, 6.07) is 8.36. The summed E-state index contributed by atoms with van der Waals surface area (Å²) in [5.41, 5.74) is 0.805. The SMILES string of the molecule is CC.Cc1ccc(Nc2cc(F)cc(OCC(O)CO)c2C#N)c(F)c1. The first-order valence-corrected chi connectivity index (χ1v) is 8.13. The molecule has 7 heteroatoms. The van der Waals surface area contributed by atoms with E-state index in [-0.39, 0.29) is 29.3 Å². The molecule has 2 aromatic carbocycles. The second kappa shape index (κ2) is 10.3. The molecule has 26 heavy (non-hydrogen) atoms. The molecule has 2 aromatic rings. The van der Waals surface area contributed by atoms with Gasteiger partial charge in [0.05, 0.1) is 18.0 Å². The molecular weight excluding hydrogens is 342 g/mol. The average molecular weight is 364 g/mol. The van der Waals surface area contributed by atoms with Crippen LogP contribution < -0.4 is 10.1 Å². The van der Waals surface area contributed by atoms with Gasteiger partial charge in [0.15, 0.2) is 0 Å². The van der Waals surface area contributed by atoms with Crippen molar-refractivity contribution >= 4 is 11.4 Å². The molecule has 3 N–H and O–H groups in total. The summed E-state index contributed by atoms with van der Waals surface area (Å²) in [4.78, 5) is 0. The minimum atomic E-state index is -1.16. The quantitative estimate of drug-likeness (QED) is 0.729. The molecule has 0 aliphatic carbocycles. The monoisotopic (exact) mass is 364 g/mol.